The summed E-state index contributed by atoms with van der Waals surface area (Å²) >= 11 is 0. The fourth-order valence-electron chi connectivity index (χ4n) is 11.6. The van der Waals surface area contributed by atoms with Gasteiger partial charge in [-0.15, -0.1) is 0 Å². The van der Waals surface area contributed by atoms with Crippen molar-refractivity contribution >= 4 is 17.9 Å². The fourth-order valence-corrected chi connectivity index (χ4v) is 11.6. The lowest BCUT2D eigenvalue weighted by Gasteiger charge is -2.18. The molecule has 0 saturated heterocycles. The van der Waals surface area contributed by atoms with Crippen LogP contribution >= 0.6 is 0 Å². The minimum atomic E-state index is -0.769. The van der Waals surface area contributed by atoms with Crippen molar-refractivity contribution in [1.82, 2.24) is 0 Å². The van der Waals surface area contributed by atoms with E-state index < -0.39 is 6.10 Å². The molecule has 0 radical (unpaired) electrons. The van der Waals surface area contributed by atoms with Gasteiger partial charge in [0.25, 0.3) is 0 Å². The molecule has 0 fully saturated rings. The van der Waals surface area contributed by atoms with Crippen LogP contribution in [-0.4, -0.2) is 37.2 Å². The molecule has 0 N–H and O–H groups in total. The van der Waals surface area contributed by atoms with Gasteiger partial charge in [0, 0.05) is 19.3 Å². The Hall–Kier alpha value is -2.11. The van der Waals surface area contributed by atoms with E-state index in [1.54, 1.807) is 0 Å². The molecule has 484 valence electrons. The van der Waals surface area contributed by atoms with Crippen LogP contribution in [0.3, 0.4) is 0 Å². The first kappa shape index (κ1) is 79.9. The van der Waals surface area contributed by atoms with Crippen molar-refractivity contribution < 1.29 is 28.6 Å². The van der Waals surface area contributed by atoms with Crippen LogP contribution in [0.1, 0.15) is 425 Å². The number of carbonyl (C=O) groups is 3. The molecular formula is C76H144O6. The maximum absolute atomic E-state index is 13.0. The highest BCUT2D eigenvalue weighted by molar-refractivity contribution is 5.71. The topological polar surface area (TPSA) is 78.9 Å². The third kappa shape index (κ3) is 68.7. The van der Waals surface area contributed by atoms with Gasteiger partial charge in [0.1, 0.15) is 13.2 Å². The van der Waals surface area contributed by atoms with Crippen LogP contribution in [0.2, 0.25) is 0 Å². The van der Waals surface area contributed by atoms with Gasteiger partial charge in [0.2, 0.25) is 0 Å². The third-order valence-electron chi connectivity index (χ3n) is 17.2. The van der Waals surface area contributed by atoms with E-state index in [0.29, 0.717) is 19.3 Å². The Labute approximate surface area is 513 Å². The summed E-state index contributed by atoms with van der Waals surface area (Å²) in [7, 11) is 0. The molecule has 0 aliphatic heterocycles. The van der Waals surface area contributed by atoms with E-state index in [-0.39, 0.29) is 31.1 Å². The fraction of sp³-hybridized carbons (Fsp3) is 0.908. The Morgan fingerprint density at radius 2 is 0.402 bits per heavy atom. The number of hydrogen-bond acceptors (Lipinski definition) is 6. The Bertz CT molecular complexity index is 1320. The first-order valence-electron chi connectivity index (χ1n) is 37.3. The molecule has 6 heteroatoms. The zero-order valence-corrected chi connectivity index (χ0v) is 55.8. The molecule has 0 aromatic heterocycles. The molecule has 1 atom stereocenters. The maximum Gasteiger partial charge on any atom is 0.306 e. The summed E-state index contributed by atoms with van der Waals surface area (Å²) in [6.45, 7) is 6.73. The first-order valence-corrected chi connectivity index (χ1v) is 37.3. The first-order chi connectivity index (χ1) is 40.5. The van der Waals surface area contributed by atoms with Gasteiger partial charge in [-0.05, 0) is 70.6 Å². The normalized spacial score (nSPS) is 12.1. The van der Waals surface area contributed by atoms with E-state index in [2.05, 4.69) is 45.1 Å². The predicted molar refractivity (Wildman–Crippen MR) is 358 cm³/mol. The van der Waals surface area contributed by atoms with E-state index in [0.717, 1.165) is 57.8 Å². The summed E-state index contributed by atoms with van der Waals surface area (Å²) < 4.78 is 17.0. The standard InChI is InChI=1S/C76H144O6/c1-4-7-10-13-16-19-22-25-28-30-32-34-36-38-40-42-44-46-48-51-54-57-60-63-66-69-75(78)81-72-73(71-80-74(77)68-65-62-59-56-53-50-27-24-21-18-15-12-9-6-3)82-76(79)70-67-64-61-58-55-52-49-47-45-43-41-39-37-35-33-31-29-26-23-20-17-14-11-8-5-2/h30-33,73H,4-29,34-72H2,1-3H3/b32-30-,33-31-. The summed E-state index contributed by atoms with van der Waals surface area (Å²) in [6, 6.07) is 0. The molecule has 0 heterocycles. The van der Waals surface area contributed by atoms with Gasteiger partial charge in [-0.25, -0.2) is 0 Å². The molecular weight excluding hydrogens is 1010 g/mol. The van der Waals surface area contributed by atoms with E-state index >= 15 is 0 Å². The van der Waals surface area contributed by atoms with Crippen LogP contribution in [-0.2, 0) is 28.6 Å². The zero-order valence-electron chi connectivity index (χ0n) is 55.8. The van der Waals surface area contributed by atoms with Crippen molar-refractivity contribution in [3.8, 4) is 0 Å². The highest BCUT2D eigenvalue weighted by Crippen LogP contribution is 2.19. The van der Waals surface area contributed by atoms with Crippen LogP contribution in [0, 0.1) is 0 Å². The van der Waals surface area contributed by atoms with Crippen molar-refractivity contribution in [2.75, 3.05) is 13.2 Å². The summed E-state index contributed by atoms with van der Waals surface area (Å²) in [5, 5.41) is 0. The van der Waals surface area contributed by atoms with Gasteiger partial charge in [0.15, 0.2) is 6.10 Å². The number of unbranched alkanes of at least 4 members (excludes halogenated alkanes) is 55. The molecule has 0 aromatic rings. The van der Waals surface area contributed by atoms with Crippen LogP contribution in [0.25, 0.3) is 0 Å². The Morgan fingerprint density at radius 1 is 0.232 bits per heavy atom. The number of esters is 3. The molecule has 1 unspecified atom stereocenters. The van der Waals surface area contributed by atoms with E-state index in [1.165, 1.54) is 327 Å². The molecule has 82 heavy (non-hydrogen) atoms. The lowest BCUT2D eigenvalue weighted by Crippen LogP contribution is -2.30. The minimum absolute atomic E-state index is 0.0646. The van der Waals surface area contributed by atoms with Gasteiger partial charge in [-0.2, -0.15) is 0 Å². The van der Waals surface area contributed by atoms with Gasteiger partial charge >= 0.3 is 17.9 Å². The molecule has 0 aliphatic carbocycles. The number of hydrogen-bond donors (Lipinski definition) is 0. The summed E-state index contributed by atoms with van der Waals surface area (Å²) in [6.07, 6.45) is 87.9. The molecule has 0 saturated carbocycles. The SMILES string of the molecule is CCCCCCCCCC/C=C\CCCCCCCCCCCCCCCC(=O)OCC(COC(=O)CCCCCCCCCCCCCCCC)OC(=O)CCCCCCCCCCCCCCC/C=C\CCCCCCCCCC. The maximum atomic E-state index is 13.0. The van der Waals surface area contributed by atoms with Crippen molar-refractivity contribution in [2.24, 2.45) is 0 Å². The predicted octanol–water partition coefficient (Wildman–Crippen LogP) is 25.7. The highest BCUT2D eigenvalue weighted by atomic mass is 16.6. The molecule has 0 amide bonds. The van der Waals surface area contributed by atoms with Crippen molar-refractivity contribution in [2.45, 2.75) is 431 Å². The average Bonchev–Trinajstić information content (AvgIpc) is 3.47. The number of ether oxygens (including phenoxy) is 3. The monoisotopic (exact) mass is 1150 g/mol. The molecule has 0 spiro atoms. The van der Waals surface area contributed by atoms with Crippen LogP contribution in [0.4, 0.5) is 0 Å². The van der Waals surface area contributed by atoms with Gasteiger partial charge in [0.05, 0.1) is 0 Å². The summed E-state index contributed by atoms with van der Waals surface area (Å²) in [4.78, 5) is 38.5. The second-order valence-corrected chi connectivity index (χ2v) is 25.6. The largest absolute Gasteiger partial charge is 0.462 e. The molecule has 0 aromatic carbocycles. The van der Waals surface area contributed by atoms with Crippen molar-refractivity contribution in [1.29, 1.82) is 0 Å². The molecule has 6 nitrogen and oxygen atoms in total. The van der Waals surface area contributed by atoms with E-state index in [9.17, 15) is 14.4 Å². The Kier molecular flexibility index (Phi) is 69.5. The van der Waals surface area contributed by atoms with Crippen molar-refractivity contribution in [3.63, 3.8) is 0 Å². The lowest BCUT2D eigenvalue weighted by molar-refractivity contribution is -0.167. The molecule has 0 aliphatic rings. The van der Waals surface area contributed by atoms with Gasteiger partial charge < -0.3 is 14.2 Å². The second kappa shape index (κ2) is 71.4. The minimum Gasteiger partial charge on any atom is -0.462 e. The Balaban J connectivity index is 4.22. The van der Waals surface area contributed by atoms with E-state index in [1.807, 2.05) is 0 Å². The Morgan fingerprint density at radius 3 is 0.610 bits per heavy atom. The smallest absolute Gasteiger partial charge is 0.306 e. The summed E-state index contributed by atoms with van der Waals surface area (Å²) in [5.74, 6) is -0.830. The number of allylic oxidation sites excluding steroid dienone is 4. The molecule has 0 rings (SSSR count). The second-order valence-electron chi connectivity index (χ2n) is 25.6. The number of rotatable bonds is 70. The summed E-state index contributed by atoms with van der Waals surface area (Å²) in [5.41, 5.74) is 0. The third-order valence-corrected chi connectivity index (χ3v) is 17.2. The van der Waals surface area contributed by atoms with Crippen molar-refractivity contribution in [3.05, 3.63) is 24.3 Å². The van der Waals surface area contributed by atoms with E-state index in [4.69, 9.17) is 14.2 Å². The van der Waals surface area contributed by atoms with Crippen LogP contribution in [0.15, 0.2) is 24.3 Å². The highest BCUT2D eigenvalue weighted by Gasteiger charge is 2.20. The quantitative estimate of drug-likeness (QED) is 0.0261. The lowest BCUT2D eigenvalue weighted by atomic mass is 10.0. The van der Waals surface area contributed by atoms with Gasteiger partial charge in [-0.3, -0.25) is 14.4 Å². The number of carbonyl (C=O) groups excluding carboxylic acids is 3. The average molecular weight is 1150 g/mol. The zero-order chi connectivity index (χ0) is 59.2. The van der Waals surface area contributed by atoms with Gasteiger partial charge in [-0.1, -0.05) is 360 Å². The van der Waals surface area contributed by atoms with Crippen LogP contribution < -0.4 is 0 Å². The van der Waals surface area contributed by atoms with Crippen LogP contribution in [0.5, 0.6) is 0 Å². The molecule has 0 bridgehead atoms.